The minimum Gasteiger partial charge on any atom is -0.208 e. The number of hydrogen-bond donors (Lipinski definition) is 1. The maximum atomic E-state index is 11.8. The van der Waals surface area contributed by atoms with Crippen molar-refractivity contribution < 1.29 is 8.42 Å². The molecule has 0 aliphatic rings. The first-order valence-electron chi connectivity index (χ1n) is 4.69. The largest absolute Gasteiger partial charge is 0.240 e. The zero-order valence-electron chi connectivity index (χ0n) is 8.48. The Morgan fingerprint density at radius 2 is 1.93 bits per heavy atom. The lowest BCUT2D eigenvalue weighted by atomic mass is 10.3. The standard InChI is InChI=1S/C10H14ClNO2S/c1-9(7-8-11)12-15(13,14)10-5-3-2-4-6-10/h2-6,9,12H,7-8H2,1H3. The van der Waals surface area contributed by atoms with Gasteiger partial charge in [-0.25, -0.2) is 13.1 Å². The lowest BCUT2D eigenvalue weighted by molar-refractivity contribution is 0.556. The molecule has 0 aliphatic carbocycles. The summed E-state index contributed by atoms with van der Waals surface area (Å²) in [5, 5.41) is 0. The summed E-state index contributed by atoms with van der Waals surface area (Å²) in [5.41, 5.74) is 0. The normalized spacial score (nSPS) is 13.7. The van der Waals surface area contributed by atoms with Crippen LogP contribution in [-0.4, -0.2) is 20.3 Å². The highest BCUT2D eigenvalue weighted by Gasteiger charge is 2.15. The van der Waals surface area contributed by atoms with Crippen LogP contribution in [0.5, 0.6) is 0 Å². The molecule has 1 aromatic carbocycles. The Morgan fingerprint density at radius 1 is 1.33 bits per heavy atom. The summed E-state index contributed by atoms with van der Waals surface area (Å²) >= 11 is 5.54. The van der Waals surface area contributed by atoms with Gasteiger partial charge in [-0.2, -0.15) is 0 Å². The van der Waals surface area contributed by atoms with E-state index in [2.05, 4.69) is 4.72 Å². The van der Waals surface area contributed by atoms with Crippen molar-refractivity contribution in [1.29, 1.82) is 0 Å². The van der Waals surface area contributed by atoms with Gasteiger partial charge in [-0.05, 0) is 25.5 Å². The third kappa shape index (κ3) is 3.81. The molecule has 0 saturated heterocycles. The van der Waals surface area contributed by atoms with E-state index in [1.165, 1.54) is 0 Å². The number of rotatable bonds is 5. The second kappa shape index (κ2) is 5.49. The van der Waals surface area contributed by atoms with Gasteiger partial charge in [-0.1, -0.05) is 18.2 Å². The predicted octanol–water partition coefficient (Wildman–Crippen LogP) is 1.98. The lowest BCUT2D eigenvalue weighted by Crippen LogP contribution is -2.32. The molecule has 1 aromatic rings. The van der Waals surface area contributed by atoms with Gasteiger partial charge in [-0.15, -0.1) is 11.6 Å². The third-order valence-corrected chi connectivity index (χ3v) is 3.78. The molecule has 0 saturated carbocycles. The summed E-state index contributed by atoms with van der Waals surface area (Å²) < 4.78 is 26.1. The Labute approximate surface area is 95.5 Å². The molecule has 3 nitrogen and oxygen atoms in total. The Balaban J connectivity index is 2.77. The minimum atomic E-state index is -3.39. The van der Waals surface area contributed by atoms with E-state index in [1.54, 1.807) is 37.3 Å². The van der Waals surface area contributed by atoms with Crippen molar-refractivity contribution >= 4 is 21.6 Å². The molecule has 0 radical (unpaired) electrons. The molecule has 0 amide bonds. The van der Waals surface area contributed by atoms with Crippen LogP contribution in [0.15, 0.2) is 35.2 Å². The van der Waals surface area contributed by atoms with Crippen molar-refractivity contribution in [2.24, 2.45) is 0 Å². The molecule has 0 heterocycles. The Bertz CT molecular complexity index is 391. The summed E-state index contributed by atoms with van der Waals surface area (Å²) in [5.74, 6) is 0.443. The van der Waals surface area contributed by atoms with Crippen molar-refractivity contribution in [3.8, 4) is 0 Å². The van der Waals surface area contributed by atoms with Crippen molar-refractivity contribution in [1.82, 2.24) is 4.72 Å². The SMILES string of the molecule is CC(CCCl)NS(=O)(=O)c1ccccc1. The minimum absolute atomic E-state index is 0.146. The Hall–Kier alpha value is -0.580. The van der Waals surface area contributed by atoms with Gasteiger partial charge in [0.25, 0.3) is 0 Å². The van der Waals surface area contributed by atoms with Crippen LogP contribution >= 0.6 is 11.6 Å². The first kappa shape index (κ1) is 12.5. The van der Waals surface area contributed by atoms with Crippen LogP contribution in [0.3, 0.4) is 0 Å². The van der Waals surface area contributed by atoms with Crippen LogP contribution in [0, 0.1) is 0 Å². The average molecular weight is 248 g/mol. The molecular weight excluding hydrogens is 234 g/mol. The molecule has 15 heavy (non-hydrogen) atoms. The zero-order chi connectivity index (χ0) is 11.3. The summed E-state index contributed by atoms with van der Waals surface area (Å²) in [6, 6.07) is 8.15. The smallest absolute Gasteiger partial charge is 0.208 e. The molecule has 5 heteroatoms. The molecule has 0 aromatic heterocycles. The molecule has 1 atom stereocenters. The first-order valence-corrected chi connectivity index (χ1v) is 6.71. The van der Waals surface area contributed by atoms with Gasteiger partial charge in [0.05, 0.1) is 4.90 Å². The second-order valence-corrected chi connectivity index (χ2v) is 5.40. The molecule has 84 valence electrons. The predicted molar refractivity (Wildman–Crippen MR) is 61.6 cm³/mol. The topological polar surface area (TPSA) is 46.2 Å². The maximum absolute atomic E-state index is 11.8. The second-order valence-electron chi connectivity index (χ2n) is 3.31. The van der Waals surface area contributed by atoms with Gasteiger partial charge in [0.15, 0.2) is 0 Å². The van der Waals surface area contributed by atoms with Crippen LogP contribution in [0.4, 0.5) is 0 Å². The van der Waals surface area contributed by atoms with E-state index in [0.29, 0.717) is 12.3 Å². The number of nitrogens with one attached hydrogen (secondary N) is 1. The summed E-state index contributed by atoms with van der Waals surface area (Å²) in [7, 11) is -3.39. The number of benzene rings is 1. The van der Waals surface area contributed by atoms with E-state index >= 15 is 0 Å². The van der Waals surface area contributed by atoms with Gasteiger partial charge in [0, 0.05) is 11.9 Å². The first-order chi connectivity index (χ1) is 7.06. The average Bonchev–Trinajstić information content (AvgIpc) is 2.18. The number of halogens is 1. The molecular formula is C10H14ClNO2S. The molecule has 0 fully saturated rings. The highest BCUT2D eigenvalue weighted by atomic mass is 35.5. The molecule has 1 unspecified atom stereocenters. The Morgan fingerprint density at radius 3 is 2.47 bits per heavy atom. The number of hydrogen-bond acceptors (Lipinski definition) is 2. The summed E-state index contributed by atoms with van der Waals surface area (Å²) in [6.45, 7) is 1.79. The summed E-state index contributed by atoms with van der Waals surface area (Å²) in [4.78, 5) is 0.284. The van der Waals surface area contributed by atoms with Gasteiger partial charge in [0.2, 0.25) is 10.0 Å². The van der Waals surface area contributed by atoms with E-state index in [0.717, 1.165) is 0 Å². The number of sulfonamides is 1. The van der Waals surface area contributed by atoms with Crippen molar-refractivity contribution in [3.63, 3.8) is 0 Å². The highest BCUT2D eigenvalue weighted by Crippen LogP contribution is 2.08. The number of alkyl halides is 1. The van der Waals surface area contributed by atoms with Crippen LogP contribution in [0.2, 0.25) is 0 Å². The van der Waals surface area contributed by atoms with E-state index in [1.807, 2.05) is 0 Å². The zero-order valence-corrected chi connectivity index (χ0v) is 10.1. The fourth-order valence-electron chi connectivity index (χ4n) is 1.16. The Kier molecular flexibility index (Phi) is 4.57. The quantitative estimate of drug-likeness (QED) is 0.809. The fraction of sp³-hybridized carbons (Fsp3) is 0.400. The van der Waals surface area contributed by atoms with Crippen LogP contribution in [-0.2, 0) is 10.0 Å². The maximum Gasteiger partial charge on any atom is 0.240 e. The molecule has 0 spiro atoms. The molecule has 0 bridgehead atoms. The van der Waals surface area contributed by atoms with Gasteiger partial charge in [-0.3, -0.25) is 0 Å². The van der Waals surface area contributed by atoms with Crippen LogP contribution in [0.1, 0.15) is 13.3 Å². The monoisotopic (exact) mass is 247 g/mol. The van der Waals surface area contributed by atoms with Crippen LogP contribution in [0.25, 0.3) is 0 Å². The highest BCUT2D eigenvalue weighted by molar-refractivity contribution is 7.89. The third-order valence-electron chi connectivity index (χ3n) is 1.95. The lowest BCUT2D eigenvalue weighted by Gasteiger charge is -2.12. The van der Waals surface area contributed by atoms with Gasteiger partial charge >= 0.3 is 0 Å². The van der Waals surface area contributed by atoms with Crippen molar-refractivity contribution in [3.05, 3.63) is 30.3 Å². The van der Waals surface area contributed by atoms with Crippen LogP contribution < -0.4 is 4.72 Å². The van der Waals surface area contributed by atoms with Crippen molar-refractivity contribution in [2.75, 3.05) is 5.88 Å². The van der Waals surface area contributed by atoms with E-state index in [-0.39, 0.29) is 10.9 Å². The molecule has 1 N–H and O–H groups in total. The van der Waals surface area contributed by atoms with E-state index < -0.39 is 10.0 Å². The van der Waals surface area contributed by atoms with Gasteiger partial charge in [0.1, 0.15) is 0 Å². The van der Waals surface area contributed by atoms with Crippen molar-refractivity contribution in [2.45, 2.75) is 24.3 Å². The van der Waals surface area contributed by atoms with Gasteiger partial charge < -0.3 is 0 Å². The van der Waals surface area contributed by atoms with E-state index in [9.17, 15) is 8.42 Å². The summed E-state index contributed by atoms with van der Waals surface area (Å²) in [6.07, 6.45) is 0.619. The molecule has 1 rings (SSSR count). The molecule has 0 aliphatic heterocycles. The fourth-order valence-corrected chi connectivity index (χ4v) is 2.78. The van der Waals surface area contributed by atoms with E-state index in [4.69, 9.17) is 11.6 Å².